The van der Waals surface area contributed by atoms with Crippen LogP contribution in [0, 0.1) is 17.0 Å². The second-order valence-corrected chi connectivity index (χ2v) is 6.36. The number of aryl methyl sites for hydroxylation is 1. The predicted molar refractivity (Wildman–Crippen MR) is 96.7 cm³/mol. The molecule has 1 heterocycles. The van der Waals surface area contributed by atoms with E-state index in [1.54, 1.807) is 36.4 Å². The summed E-state index contributed by atoms with van der Waals surface area (Å²) < 4.78 is 0. The number of nitrogens with zero attached hydrogens (tertiary/aromatic N) is 2. The van der Waals surface area contributed by atoms with Gasteiger partial charge in [0.25, 0.3) is 11.6 Å². The largest absolute Gasteiger partial charge is 0.506 e. The Morgan fingerprint density at radius 2 is 2.08 bits per heavy atom. The Morgan fingerprint density at radius 1 is 1.28 bits per heavy atom. The number of aliphatic imine (C=N–C) groups is 1. The van der Waals surface area contributed by atoms with E-state index in [1.165, 1.54) is 12.1 Å². The molecule has 2 N–H and O–H groups in total. The molecule has 8 heteroatoms. The lowest BCUT2D eigenvalue weighted by molar-refractivity contribution is -0.384. The molecule has 2 aromatic carbocycles. The Morgan fingerprint density at radius 3 is 2.80 bits per heavy atom. The molecule has 2 aromatic rings. The second kappa shape index (κ2) is 6.78. The number of thioether (sulfide) groups is 1. The quantitative estimate of drug-likeness (QED) is 0.498. The van der Waals surface area contributed by atoms with Gasteiger partial charge in [0.05, 0.1) is 9.83 Å². The van der Waals surface area contributed by atoms with E-state index in [1.807, 2.05) is 6.92 Å². The first-order valence-corrected chi connectivity index (χ1v) is 8.08. The minimum Gasteiger partial charge on any atom is -0.506 e. The highest BCUT2D eigenvalue weighted by atomic mass is 32.2. The van der Waals surface area contributed by atoms with Crippen molar-refractivity contribution in [3.8, 4) is 5.75 Å². The van der Waals surface area contributed by atoms with Crippen LogP contribution in [0.3, 0.4) is 0 Å². The van der Waals surface area contributed by atoms with E-state index in [4.69, 9.17) is 0 Å². The summed E-state index contributed by atoms with van der Waals surface area (Å²) in [6.07, 6.45) is 1.56. The lowest BCUT2D eigenvalue weighted by Crippen LogP contribution is -2.19. The summed E-state index contributed by atoms with van der Waals surface area (Å²) >= 11 is 1.11. The molecule has 1 aliphatic rings. The fourth-order valence-corrected chi connectivity index (χ4v) is 3.03. The van der Waals surface area contributed by atoms with E-state index in [0.29, 0.717) is 21.3 Å². The summed E-state index contributed by atoms with van der Waals surface area (Å²) in [5, 5.41) is 23.7. The highest BCUT2D eigenvalue weighted by molar-refractivity contribution is 8.18. The highest BCUT2D eigenvalue weighted by Gasteiger charge is 2.24. The highest BCUT2D eigenvalue weighted by Crippen LogP contribution is 2.32. The van der Waals surface area contributed by atoms with E-state index in [2.05, 4.69) is 10.3 Å². The number of rotatable bonds is 3. The number of hydrogen-bond acceptors (Lipinski definition) is 6. The number of carbonyl (C=O) groups excluding carboxylic acids is 1. The molecule has 1 fully saturated rings. The molecular formula is C17H13N3O4S. The van der Waals surface area contributed by atoms with Gasteiger partial charge in [-0.25, -0.2) is 4.99 Å². The van der Waals surface area contributed by atoms with Crippen LogP contribution < -0.4 is 5.32 Å². The Kier molecular flexibility index (Phi) is 4.53. The molecule has 0 spiro atoms. The lowest BCUT2D eigenvalue weighted by atomic mass is 10.2. The minimum absolute atomic E-state index is 0.0264. The van der Waals surface area contributed by atoms with Gasteiger partial charge in [-0.3, -0.25) is 14.9 Å². The van der Waals surface area contributed by atoms with Crippen LogP contribution >= 0.6 is 11.8 Å². The molecule has 1 amide bonds. The summed E-state index contributed by atoms with van der Waals surface area (Å²) in [5.41, 5.74) is 1.75. The van der Waals surface area contributed by atoms with Gasteiger partial charge in [0.1, 0.15) is 11.4 Å². The van der Waals surface area contributed by atoms with Gasteiger partial charge in [0, 0.05) is 12.1 Å². The molecule has 0 atom stereocenters. The minimum atomic E-state index is -0.489. The fourth-order valence-electron chi connectivity index (χ4n) is 2.20. The molecule has 0 bridgehead atoms. The van der Waals surface area contributed by atoms with E-state index in [0.717, 1.165) is 17.3 Å². The zero-order valence-electron chi connectivity index (χ0n) is 13.1. The number of aromatic hydroxyl groups is 1. The zero-order chi connectivity index (χ0) is 18.0. The molecule has 0 radical (unpaired) electrons. The first kappa shape index (κ1) is 16.7. The van der Waals surface area contributed by atoms with Crippen LogP contribution in [0.15, 0.2) is 52.4 Å². The van der Waals surface area contributed by atoms with Crippen LogP contribution in [-0.4, -0.2) is 21.1 Å². The molecule has 7 nitrogen and oxygen atoms in total. The third-order valence-corrected chi connectivity index (χ3v) is 4.29. The average Bonchev–Trinajstić information content (AvgIpc) is 2.90. The third kappa shape index (κ3) is 3.86. The Labute approximate surface area is 147 Å². The number of amides is 1. The molecule has 0 aromatic heterocycles. The first-order chi connectivity index (χ1) is 11.9. The standard InChI is InChI=1S/C17H13N3O4S/c1-10-5-6-13(14(21)7-10)18-17-19-16(22)15(25-17)9-11-3-2-4-12(8-11)20(23)24/h2-9,21H,1H3,(H,18,19,22)/b15-9-. The van der Waals surface area contributed by atoms with Crippen LogP contribution in [0.4, 0.5) is 11.4 Å². The number of nitro groups is 1. The summed E-state index contributed by atoms with van der Waals surface area (Å²) in [4.78, 5) is 27.0. The Balaban J connectivity index is 1.86. The van der Waals surface area contributed by atoms with E-state index in [9.17, 15) is 20.0 Å². The molecule has 3 rings (SSSR count). The van der Waals surface area contributed by atoms with Gasteiger partial charge in [-0.1, -0.05) is 18.2 Å². The molecule has 1 saturated heterocycles. The van der Waals surface area contributed by atoms with Crippen molar-refractivity contribution >= 4 is 40.3 Å². The van der Waals surface area contributed by atoms with Crippen LogP contribution in [0.2, 0.25) is 0 Å². The molecule has 0 unspecified atom stereocenters. The van der Waals surface area contributed by atoms with Gasteiger partial charge < -0.3 is 10.4 Å². The number of carbonyl (C=O) groups is 1. The first-order valence-electron chi connectivity index (χ1n) is 7.26. The Bertz CT molecular complexity index is 937. The van der Waals surface area contributed by atoms with Crippen LogP contribution in [0.5, 0.6) is 5.75 Å². The maximum Gasteiger partial charge on any atom is 0.270 e. The van der Waals surface area contributed by atoms with Gasteiger partial charge in [-0.15, -0.1) is 0 Å². The average molecular weight is 355 g/mol. The normalized spacial score (nSPS) is 17.1. The van der Waals surface area contributed by atoms with Crippen molar-refractivity contribution in [3.05, 3.63) is 68.6 Å². The lowest BCUT2D eigenvalue weighted by Gasteiger charge is -2.01. The van der Waals surface area contributed by atoms with Gasteiger partial charge >= 0.3 is 0 Å². The van der Waals surface area contributed by atoms with Gasteiger partial charge in [-0.2, -0.15) is 0 Å². The van der Waals surface area contributed by atoms with Crippen molar-refractivity contribution in [1.29, 1.82) is 0 Å². The number of hydrogen-bond donors (Lipinski definition) is 2. The summed E-state index contributed by atoms with van der Waals surface area (Å²) in [6.45, 7) is 1.85. The summed E-state index contributed by atoms with van der Waals surface area (Å²) in [5.74, 6) is -0.319. The molecule has 0 saturated carbocycles. The van der Waals surface area contributed by atoms with Crippen LogP contribution in [0.1, 0.15) is 11.1 Å². The SMILES string of the molecule is Cc1ccc(N=C2NC(=O)/C(=C/c3cccc([N+](=O)[O-])c3)S2)c(O)c1. The van der Waals surface area contributed by atoms with E-state index in [-0.39, 0.29) is 17.3 Å². The number of benzene rings is 2. The molecule has 126 valence electrons. The van der Waals surface area contributed by atoms with Crippen LogP contribution in [-0.2, 0) is 4.79 Å². The fraction of sp³-hybridized carbons (Fsp3) is 0.0588. The predicted octanol–water partition coefficient (Wildman–Crippen LogP) is 3.50. The van der Waals surface area contributed by atoms with Crippen molar-refractivity contribution in [2.75, 3.05) is 0 Å². The van der Waals surface area contributed by atoms with Gasteiger partial charge in [0.15, 0.2) is 5.17 Å². The van der Waals surface area contributed by atoms with Crippen molar-refractivity contribution in [2.24, 2.45) is 4.99 Å². The molecule has 1 aliphatic heterocycles. The zero-order valence-corrected chi connectivity index (χ0v) is 13.9. The van der Waals surface area contributed by atoms with Crippen molar-refractivity contribution in [3.63, 3.8) is 0 Å². The number of amidine groups is 1. The summed E-state index contributed by atoms with van der Waals surface area (Å²) in [6, 6.07) is 11.1. The van der Waals surface area contributed by atoms with Gasteiger partial charge in [-0.05, 0) is 48.0 Å². The molecule has 25 heavy (non-hydrogen) atoms. The second-order valence-electron chi connectivity index (χ2n) is 5.33. The molecule has 0 aliphatic carbocycles. The third-order valence-electron chi connectivity index (χ3n) is 3.38. The van der Waals surface area contributed by atoms with Crippen molar-refractivity contribution in [1.82, 2.24) is 5.32 Å². The number of nitrogens with one attached hydrogen (secondary N) is 1. The van der Waals surface area contributed by atoms with E-state index >= 15 is 0 Å². The topological polar surface area (TPSA) is 105 Å². The smallest absolute Gasteiger partial charge is 0.270 e. The molecular weight excluding hydrogens is 342 g/mol. The maximum atomic E-state index is 12.1. The number of non-ortho nitro benzene ring substituents is 1. The Hall–Kier alpha value is -3.13. The maximum absolute atomic E-state index is 12.1. The van der Waals surface area contributed by atoms with Crippen molar-refractivity contribution < 1.29 is 14.8 Å². The van der Waals surface area contributed by atoms with E-state index < -0.39 is 4.92 Å². The number of phenolic OH excluding ortho intramolecular Hbond substituents is 1. The number of phenols is 1. The summed E-state index contributed by atoms with van der Waals surface area (Å²) in [7, 11) is 0. The van der Waals surface area contributed by atoms with Gasteiger partial charge in [0.2, 0.25) is 0 Å². The van der Waals surface area contributed by atoms with Crippen molar-refractivity contribution in [2.45, 2.75) is 6.92 Å². The monoisotopic (exact) mass is 355 g/mol. The number of nitro benzene ring substituents is 1. The van der Waals surface area contributed by atoms with Crippen LogP contribution in [0.25, 0.3) is 6.08 Å².